The molecule has 0 fully saturated rings. The lowest BCUT2D eigenvalue weighted by molar-refractivity contribution is 0.171. The molecule has 1 aliphatic heterocycles. The van der Waals surface area contributed by atoms with Gasteiger partial charge in [0.15, 0.2) is 11.5 Å². The first-order valence-electron chi connectivity index (χ1n) is 8.98. The Balaban J connectivity index is 1.43. The number of imidazole rings is 1. The second kappa shape index (κ2) is 6.65. The molecule has 5 rings (SSSR count). The second-order valence-corrected chi connectivity index (χ2v) is 6.46. The molecular weight excluding hydrogens is 336 g/mol. The van der Waals surface area contributed by atoms with Crippen LogP contribution in [-0.4, -0.2) is 23.2 Å². The molecule has 1 aromatic heterocycles. The predicted molar refractivity (Wildman–Crippen MR) is 108 cm³/mol. The molecule has 0 atom stereocenters. The molecule has 4 aromatic rings. The summed E-state index contributed by atoms with van der Waals surface area (Å²) < 4.78 is 11.3. The van der Waals surface area contributed by atoms with Crippen LogP contribution in [0.2, 0.25) is 0 Å². The minimum absolute atomic E-state index is 0.594. The third-order valence-corrected chi connectivity index (χ3v) is 4.60. The summed E-state index contributed by atoms with van der Waals surface area (Å²) in [6.07, 6.45) is 4.07. The largest absolute Gasteiger partial charge is 0.486 e. The fourth-order valence-corrected chi connectivity index (χ4v) is 3.27. The topological polar surface area (TPSA) is 47.1 Å². The summed E-state index contributed by atoms with van der Waals surface area (Å²) in [4.78, 5) is 7.90. The normalized spacial score (nSPS) is 13.3. The Morgan fingerprint density at radius 2 is 1.63 bits per heavy atom. The fourth-order valence-electron chi connectivity index (χ4n) is 3.27. The number of aromatic amines is 1. The number of aromatic nitrogens is 2. The maximum atomic E-state index is 5.70. The van der Waals surface area contributed by atoms with Crippen molar-refractivity contribution in [2.24, 2.45) is 0 Å². The predicted octanol–water partition coefficient (Wildman–Crippen LogP) is 5.17. The number of H-pyrrole nitrogens is 1. The van der Waals surface area contributed by atoms with E-state index in [-0.39, 0.29) is 0 Å². The standard InChI is InChI=1S/C23H18N2O2/c1-2-7-20-19(6-1)24-23(25-20)11-8-16-4-3-5-17(14-16)18-9-10-21-22(15-18)27-13-12-26-21/h1-11,14-15H,12-13H2,(H,24,25)/b11-8+. The Morgan fingerprint density at radius 1 is 0.778 bits per heavy atom. The van der Waals surface area contributed by atoms with Crippen LogP contribution in [0, 0.1) is 0 Å². The molecule has 1 aliphatic rings. The van der Waals surface area contributed by atoms with E-state index >= 15 is 0 Å². The number of hydrogen-bond acceptors (Lipinski definition) is 3. The van der Waals surface area contributed by atoms with Crippen LogP contribution in [0.3, 0.4) is 0 Å². The fraction of sp³-hybridized carbons (Fsp3) is 0.0870. The molecule has 3 aromatic carbocycles. The smallest absolute Gasteiger partial charge is 0.161 e. The number of hydrogen-bond donors (Lipinski definition) is 1. The van der Waals surface area contributed by atoms with Gasteiger partial charge in [-0.25, -0.2) is 4.98 Å². The van der Waals surface area contributed by atoms with Crippen molar-refractivity contribution in [2.75, 3.05) is 13.2 Å². The molecule has 0 amide bonds. The molecule has 4 heteroatoms. The van der Waals surface area contributed by atoms with E-state index in [1.165, 1.54) is 0 Å². The Bertz CT molecular complexity index is 1110. The highest BCUT2D eigenvalue weighted by Crippen LogP contribution is 2.34. The molecule has 27 heavy (non-hydrogen) atoms. The van der Waals surface area contributed by atoms with Gasteiger partial charge >= 0.3 is 0 Å². The summed E-state index contributed by atoms with van der Waals surface area (Å²) >= 11 is 0. The number of para-hydroxylation sites is 2. The van der Waals surface area contributed by atoms with E-state index in [9.17, 15) is 0 Å². The Morgan fingerprint density at radius 3 is 2.56 bits per heavy atom. The SMILES string of the molecule is C(=C\c1nc2ccccc2[nH]1)/c1cccc(-c2ccc3c(c2)OCCO3)c1. The van der Waals surface area contributed by atoms with E-state index in [2.05, 4.69) is 46.4 Å². The van der Waals surface area contributed by atoms with Gasteiger partial charge in [0.05, 0.1) is 11.0 Å². The van der Waals surface area contributed by atoms with Crippen molar-refractivity contribution in [2.45, 2.75) is 0 Å². The third-order valence-electron chi connectivity index (χ3n) is 4.60. The molecule has 0 saturated heterocycles. The second-order valence-electron chi connectivity index (χ2n) is 6.46. The van der Waals surface area contributed by atoms with E-state index in [1.807, 2.05) is 42.5 Å². The van der Waals surface area contributed by atoms with Gasteiger partial charge in [-0.2, -0.15) is 0 Å². The molecule has 4 nitrogen and oxygen atoms in total. The van der Waals surface area contributed by atoms with Crippen molar-refractivity contribution in [3.05, 3.63) is 78.1 Å². The van der Waals surface area contributed by atoms with E-state index in [1.54, 1.807) is 0 Å². The van der Waals surface area contributed by atoms with Crippen LogP contribution in [0.15, 0.2) is 66.7 Å². The maximum Gasteiger partial charge on any atom is 0.161 e. The zero-order chi connectivity index (χ0) is 18.1. The maximum absolute atomic E-state index is 5.70. The van der Waals surface area contributed by atoms with Crippen LogP contribution in [0.1, 0.15) is 11.4 Å². The van der Waals surface area contributed by atoms with E-state index in [0.29, 0.717) is 13.2 Å². The first-order valence-corrected chi connectivity index (χ1v) is 8.98. The summed E-state index contributed by atoms with van der Waals surface area (Å²) in [6.45, 7) is 1.20. The van der Waals surface area contributed by atoms with Crippen molar-refractivity contribution >= 4 is 23.2 Å². The Hall–Kier alpha value is -3.53. The molecule has 0 saturated carbocycles. The first-order chi connectivity index (χ1) is 13.3. The van der Waals surface area contributed by atoms with Gasteiger partial charge in [0.25, 0.3) is 0 Å². The van der Waals surface area contributed by atoms with Gasteiger partial charge in [-0.15, -0.1) is 0 Å². The van der Waals surface area contributed by atoms with Crippen LogP contribution in [0.25, 0.3) is 34.3 Å². The van der Waals surface area contributed by atoms with E-state index in [4.69, 9.17) is 9.47 Å². The van der Waals surface area contributed by atoms with Crippen LogP contribution < -0.4 is 9.47 Å². The lowest BCUT2D eigenvalue weighted by Crippen LogP contribution is -2.15. The quantitative estimate of drug-likeness (QED) is 0.552. The molecular formula is C23H18N2O2. The monoisotopic (exact) mass is 354 g/mol. The van der Waals surface area contributed by atoms with Crippen molar-refractivity contribution in [1.29, 1.82) is 0 Å². The van der Waals surface area contributed by atoms with Crippen LogP contribution in [-0.2, 0) is 0 Å². The highest BCUT2D eigenvalue weighted by molar-refractivity contribution is 5.79. The van der Waals surface area contributed by atoms with Gasteiger partial charge in [-0.3, -0.25) is 0 Å². The van der Waals surface area contributed by atoms with Crippen molar-refractivity contribution in [1.82, 2.24) is 9.97 Å². The summed E-state index contributed by atoms with van der Waals surface area (Å²) in [7, 11) is 0. The highest BCUT2D eigenvalue weighted by Gasteiger charge is 2.12. The van der Waals surface area contributed by atoms with Gasteiger partial charge in [0, 0.05) is 0 Å². The lowest BCUT2D eigenvalue weighted by atomic mass is 10.0. The molecule has 1 N–H and O–H groups in total. The van der Waals surface area contributed by atoms with E-state index in [0.717, 1.165) is 45.0 Å². The third kappa shape index (κ3) is 3.17. The number of nitrogens with zero attached hydrogens (tertiary/aromatic N) is 1. The van der Waals surface area contributed by atoms with Crippen molar-refractivity contribution in [3.63, 3.8) is 0 Å². The number of ether oxygens (including phenoxy) is 2. The summed E-state index contributed by atoms with van der Waals surface area (Å²) in [6, 6.07) is 22.5. The van der Waals surface area contributed by atoms with Crippen LogP contribution in [0.4, 0.5) is 0 Å². The minimum Gasteiger partial charge on any atom is -0.486 e. The molecule has 0 spiro atoms. The summed E-state index contributed by atoms with van der Waals surface area (Å²) in [5.41, 5.74) is 5.38. The Labute approximate surface area is 157 Å². The zero-order valence-corrected chi connectivity index (χ0v) is 14.7. The van der Waals surface area contributed by atoms with Crippen molar-refractivity contribution in [3.8, 4) is 22.6 Å². The molecule has 0 bridgehead atoms. The number of benzene rings is 3. The molecule has 0 unspecified atom stereocenters. The first kappa shape index (κ1) is 15.7. The average molecular weight is 354 g/mol. The minimum atomic E-state index is 0.594. The van der Waals surface area contributed by atoms with Gasteiger partial charge < -0.3 is 14.5 Å². The molecule has 0 aliphatic carbocycles. The number of rotatable bonds is 3. The van der Waals surface area contributed by atoms with Crippen LogP contribution >= 0.6 is 0 Å². The van der Waals surface area contributed by atoms with Gasteiger partial charge in [-0.1, -0.05) is 42.5 Å². The zero-order valence-electron chi connectivity index (χ0n) is 14.7. The van der Waals surface area contributed by atoms with Crippen LogP contribution in [0.5, 0.6) is 11.5 Å². The Kier molecular flexibility index (Phi) is 3.87. The number of fused-ring (bicyclic) bond motifs is 2. The van der Waals surface area contributed by atoms with Crippen molar-refractivity contribution < 1.29 is 9.47 Å². The molecule has 132 valence electrons. The average Bonchev–Trinajstić information content (AvgIpc) is 3.15. The summed E-state index contributed by atoms with van der Waals surface area (Å²) in [5, 5.41) is 0. The number of nitrogens with one attached hydrogen (secondary N) is 1. The molecule has 2 heterocycles. The van der Waals surface area contributed by atoms with Gasteiger partial charge in [0.2, 0.25) is 0 Å². The van der Waals surface area contributed by atoms with E-state index < -0.39 is 0 Å². The highest BCUT2D eigenvalue weighted by atomic mass is 16.6. The van der Waals surface area contributed by atoms with Gasteiger partial charge in [0.1, 0.15) is 19.0 Å². The summed E-state index contributed by atoms with van der Waals surface area (Å²) in [5.74, 6) is 2.47. The molecule has 0 radical (unpaired) electrons. The van der Waals surface area contributed by atoms with Gasteiger partial charge in [-0.05, 0) is 53.1 Å². The lowest BCUT2D eigenvalue weighted by Gasteiger charge is -2.19.